The van der Waals surface area contributed by atoms with Crippen LogP contribution in [0.4, 0.5) is 0 Å². The molecule has 0 aliphatic heterocycles. The number of ether oxygens (including phenoxy) is 1. The molecule has 0 heterocycles. The van der Waals surface area contributed by atoms with Crippen LogP contribution in [0.3, 0.4) is 0 Å². The van der Waals surface area contributed by atoms with Gasteiger partial charge >= 0.3 is 0 Å². The maximum absolute atomic E-state index is 10.1. The molecule has 0 aliphatic carbocycles. The first-order valence-corrected chi connectivity index (χ1v) is 7.89. The molecule has 0 saturated carbocycles. The predicted octanol–water partition coefficient (Wildman–Crippen LogP) is 4.69. The molecule has 1 N–H and O–H groups in total. The summed E-state index contributed by atoms with van der Waals surface area (Å²) in [5.41, 5.74) is 1.53. The van der Waals surface area contributed by atoms with Crippen LogP contribution in [-0.2, 0) is 5.41 Å². The Morgan fingerprint density at radius 2 is 1.70 bits per heavy atom. The maximum atomic E-state index is 10.1. The van der Waals surface area contributed by atoms with Crippen molar-refractivity contribution in [1.29, 1.82) is 0 Å². The molecule has 2 heteroatoms. The topological polar surface area (TPSA) is 29.5 Å². The summed E-state index contributed by atoms with van der Waals surface area (Å²) in [6, 6.07) is 8.32. The molecule has 1 rings (SSSR count). The Kier molecular flexibility index (Phi) is 6.54. The fourth-order valence-electron chi connectivity index (χ4n) is 2.28. The van der Waals surface area contributed by atoms with E-state index in [0.717, 1.165) is 31.4 Å². The molecule has 0 radical (unpaired) electrons. The average molecular weight is 278 g/mol. The first-order chi connectivity index (χ1) is 9.44. The molecule has 0 saturated heterocycles. The lowest BCUT2D eigenvalue weighted by atomic mass is 9.82. The number of benzene rings is 1. The molecular weight excluding hydrogens is 248 g/mol. The third kappa shape index (κ3) is 4.52. The molecule has 114 valence electrons. The zero-order valence-electron chi connectivity index (χ0n) is 13.6. The number of hydrogen-bond acceptors (Lipinski definition) is 2. The van der Waals surface area contributed by atoms with Crippen molar-refractivity contribution in [2.24, 2.45) is 0 Å². The largest absolute Gasteiger partial charge is 0.488 e. The van der Waals surface area contributed by atoms with Gasteiger partial charge < -0.3 is 9.84 Å². The summed E-state index contributed by atoms with van der Waals surface area (Å²) in [5.74, 6) is 0.850. The van der Waals surface area contributed by atoms with Crippen molar-refractivity contribution in [3.05, 3.63) is 29.8 Å². The highest BCUT2D eigenvalue weighted by molar-refractivity contribution is 5.31. The van der Waals surface area contributed by atoms with E-state index < -0.39 is 0 Å². The van der Waals surface area contributed by atoms with E-state index in [0.29, 0.717) is 0 Å². The average Bonchev–Trinajstić information content (AvgIpc) is 2.45. The van der Waals surface area contributed by atoms with Gasteiger partial charge in [0.1, 0.15) is 11.9 Å². The molecule has 1 aromatic rings. The molecule has 20 heavy (non-hydrogen) atoms. The van der Waals surface area contributed by atoms with E-state index in [2.05, 4.69) is 46.8 Å². The SMILES string of the molecule is CCCC(O)C(CC)Oc1ccc(C(C)(C)CC)cc1. The van der Waals surface area contributed by atoms with Crippen LogP contribution in [0.5, 0.6) is 5.75 Å². The number of hydrogen-bond donors (Lipinski definition) is 1. The van der Waals surface area contributed by atoms with Gasteiger partial charge in [-0.15, -0.1) is 0 Å². The van der Waals surface area contributed by atoms with E-state index in [-0.39, 0.29) is 17.6 Å². The summed E-state index contributed by atoms with van der Waals surface area (Å²) >= 11 is 0. The lowest BCUT2D eigenvalue weighted by Crippen LogP contribution is -2.31. The second kappa shape index (κ2) is 7.68. The van der Waals surface area contributed by atoms with Gasteiger partial charge in [-0.3, -0.25) is 0 Å². The van der Waals surface area contributed by atoms with Gasteiger partial charge in [0.2, 0.25) is 0 Å². The smallest absolute Gasteiger partial charge is 0.124 e. The quantitative estimate of drug-likeness (QED) is 0.747. The van der Waals surface area contributed by atoms with Crippen LogP contribution in [0.2, 0.25) is 0 Å². The van der Waals surface area contributed by atoms with Gasteiger partial charge in [-0.05, 0) is 42.4 Å². The zero-order chi connectivity index (χ0) is 15.2. The van der Waals surface area contributed by atoms with Crippen LogP contribution in [0.25, 0.3) is 0 Å². The molecule has 2 nitrogen and oxygen atoms in total. The standard InChI is InChI=1S/C18H30O2/c1-6-9-16(19)17(7-2)20-15-12-10-14(11-13-15)18(4,5)8-3/h10-13,16-17,19H,6-9H2,1-5H3. The van der Waals surface area contributed by atoms with Crippen molar-refractivity contribution in [3.8, 4) is 5.75 Å². The fraction of sp³-hybridized carbons (Fsp3) is 0.667. The summed E-state index contributed by atoms with van der Waals surface area (Å²) in [5, 5.41) is 10.1. The molecule has 0 aliphatic rings. The fourth-order valence-corrected chi connectivity index (χ4v) is 2.28. The minimum Gasteiger partial charge on any atom is -0.488 e. The molecular formula is C18H30O2. The predicted molar refractivity (Wildman–Crippen MR) is 85.4 cm³/mol. The monoisotopic (exact) mass is 278 g/mol. The van der Waals surface area contributed by atoms with Gasteiger partial charge in [-0.2, -0.15) is 0 Å². The Hall–Kier alpha value is -1.02. The van der Waals surface area contributed by atoms with Gasteiger partial charge in [-0.1, -0.05) is 53.2 Å². The molecule has 0 spiro atoms. The van der Waals surface area contributed by atoms with Crippen LogP contribution in [-0.4, -0.2) is 17.3 Å². The normalized spacial score (nSPS) is 14.9. The Balaban J connectivity index is 2.73. The van der Waals surface area contributed by atoms with E-state index in [1.165, 1.54) is 5.56 Å². The maximum Gasteiger partial charge on any atom is 0.124 e. The van der Waals surface area contributed by atoms with Crippen LogP contribution < -0.4 is 4.74 Å². The highest BCUT2D eigenvalue weighted by atomic mass is 16.5. The third-order valence-corrected chi connectivity index (χ3v) is 4.22. The zero-order valence-corrected chi connectivity index (χ0v) is 13.6. The van der Waals surface area contributed by atoms with E-state index in [4.69, 9.17) is 4.74 Å². The molecule has 1 aromatic carbocycles. The van der Waals surface area contributed by atoms with Crippen LogP contribution in [0.15, 0.2) is 24.3 Å². The highest BCUT2D eigenvalue weighted by Gasteiger charge is 2.20. The second-order valence-electron chi connectivity index (χ2n) is 6.18. The Morgan fingerprint density at radius 3 is 2.15 bits per heavy atom. The summed E-state index contributed by atoms with van der Waals surface area (Å²) in [6.07, 6.45) is 3.21. The van der Waals surface area contributed by atoms with Gasteiger partial charge in [0.15, 0.2) is 0 Å². The molecule has 2 unspecified atom stereocenters. The van der Waals surface area contributed by atoms with Crippen LogP contribution >= 0.6 is 0 Å². The molecule has 2 atom stereocenters. The molecule has 0 amide bonds. The Bertz CT molecular complexity index is 381. The van der Waals surface area contributed by atoms with Gasteiger partial charge in [0.25, 0.3) is 0 Å². The lowest BCUT2D eigenvalue weighted by molar-refractivity contribution is 0.0284. The van der Waals surface area contributed by atoms with Gasteiger partial charge in [0.05, 0.1) is 6.10 Å². The van der Waals surface area contributed by atoms with Crippen molar-refractivity contribution in [2.75, 3.05) is 0 Å². The van der Waals surface area contributed by atoms with Crippen LogP contribution in [0.1, 0.15) is 65.9 Å². The molecule has 0 bridgehead atoms. The van der Waals surface area contributed by atoms with Crippen molar-refractivity contribution in [2.45, 2.75) is 77.9 Å². The number of rotatable bonds is 8. The van der Waals surface area contributed by atoms with E-state index in [1.54, 1.807) is 0 Å². The summed E-state index contributed by atoms with van der Waals surface area (Å²) in [7, 11) is 0. The Morgan fingerprint density at radius 1 is 1.10 bits per heavy atom. The highest BCUT2D eigenvalue weighted by Crippen LogP contribution is 2.28. The van der Waals surface area contributed by atoms with Gasteiger partial charge in [-0.25, -0.2) is 0 Å². The van der Waals surface area contributed by atoms with Gasteiger partial charge in [0, 0.05) is 0 Å². The third-order valence-electron chi connectivity index (χ3n) is 4.22. The minimum absolute atomic E-state index is 0.111. The second-order valence-corrected chi connectivity index (χ2v) is 6.18. The summed E-state index contributed by atoms with van der Waals surface area (Å²) < 4.78 is 5.93. The van der Waals surface area contributed by atoms with Crippen molar-refractivity contribution in [3.63, 3.8) is 0 Å². The minimum atomic E-state index is -0.378. The van der Waals surface area contributed by atoms with Crippen molar-refractivity contribution in [1.82, 2.24) is 0 Å². The van der Waals surface area contributed by atoms with Crippen molar-refractivity contribution >= 4 is 0 Å². The van der Waals surface area contributed by atoms with Crippen molar-refractivity contribution < 1.29 is 9.84 Å². The molecule has 0 aromatic heterocycles. The first kappa shape index (κ1) is 17.0. The molecule has 0 fully saturated rings. The van der Waals surface area contributed by atoms with Crippen LogP contribution in [0, 0.1) is 0 Å². The first-order valence-electron chi connectivity index (χ1n) is 7.89. The number of aliphatic hydroxyl groups is 1. The number of aliphatic hydroxyl groups excluding tert-OH is 1. The Labute approximate surface area is 124 Å². The van der Waals surface area contributed by atoms with E-state index in [1.807, 2.05) is 12.1 Å². The lowest BCUT2D eigenvalue weighted by Gasteiger charge is -2.25. The van der Waals surface area contributed by atoms with E-state index in [9.17, 15) is 5.11 Å². The summed E-state index contributed by atoms with van der Waals surface area (Å²) in [6.45, 7) is 10.8. The van der Waals surface area contributed by atoms with E-state index >= 15 is 0 Å². The summed E-state index contributed by atoms with van der Waals surface area (Å²) in [4.78, 5) is 0.